The smallest absolute Gasteiger partial charge is 0.239 e. The third-order valence-corrected chi connectivity index (χ3v) is 7.82. The van der Waals surface area contributed by atoms with Gasteiger partial charge >= 0.3 is 0 Å². The van der Waals surface area contributed by atoms with Crippen LogP contribution in [0.25, 0.3) is 0 Å². The molecular formula is C2HBr5O3S. The molecule has 0 fully saturated rings. The third kappa shape index (κ3) is 4.92. The van der Waals surface area contributed by atoms with E-state index in [-0.39, 0.29) is 0 Å². The Bertz CT molecular complexity index is 196. The van der Waals surface area contributed by atoms with E-state index in [2.05, 4.69) is 83.8 Å². The van der Waals surface area contributed by atoms with Crippen LogP contribution in [0.3, 0.4) is 0 Å². The lowest BCUT2D eigenvalue weighted by Crippen LogP contribution is -2.30. The quantitative estimate of drug-likeness (QED) is 0.465. The Labute approximate surface area is 107 Å². The molecule has 0 radical (unpaired) electrons. The second-order valence-electron chi connectivity index (χ2n) is 1.33. The lowest BCUT2D eigenvalue weighted by Gasteiger charge is -2.25. The fourth-order valence-electron chi connectivity index (χ4n) is 0.145. The van der Waals surface area contributed by atoms with E-state index in [9.17, 15) is 8.42 Å². The molecule has 3 nitrogen and oxygen atoms in total. The summed E-state index contributed by atoms with van der Waals surface area (Å²) in [5.74, 6) is 0. The maximum atomic E-state index is 10.2. The van der Waals surface area contributed by atoms with Gasteiger partial charge in [0.05, 0.1) is 0 Å². The van der Waals surface area contributed by atoms with E-state index in [1.165, 1.54) is 0 Å². The molecule has 0 aliphatic heterocycles. The van der Waals surface area contributed by atoms with Crippen molar-refractivity contribution < 1.29 is 12.6 Å². The molecule has 0 N–H and O–H groups in total. The van der Waals surface area contributed by atoms with Gasteiger partial charge in [-0.2, -0.15) is 0 Å². The second-order valence-corrected chi connectivity index (χ2v) is 12.0. The minimum Gasteiger partial charge on any atom is -0.239 e. The molecule has 9 heteroatoms. The van der Waals surface area contributed by atoms with E-state index in [0.717, 1.165) is 0 Å². The Morgan fingerprint density at radius 2 is 1.36 bits per heavy atom. The first-order valence-electron chi connectivity index (χ1n) is 1.95. The number of halogens is 5. The molecule has 0 saturated heterocycles. The first-order valence-corrected chi connectivity index (χ1v) is 7.01. The highest BCUT2D eigenvalue weighted by atomic mass is 80.0. The van der Waals surface area contributed by atoms with Gasteiger partial charge in [0.15, 0.2) is 2.14 Å². The van der Waals surface area contributed by atoms with Gasteiger partial charge in [0.25, 0.3) is 11.0 Å². The maximum absolute atomic E-state index is 10.2. The molecule has 0 saturated carbocycles. The van der Waals surface area contributed by atoms with Crippen molar-refractivity contribution in [2.45, 2.75) is 5.56 Å². The average molecular weight is 505 g/mol. The zero-order chi connectivity index (χ0) is 9.28. The number of hydrogen-bond acceptors (Lipinski definition) is 3. The Hall–Kier alpha value is 2.31. The number of rotatable bonds is 2. The molecule has 0 heterocycles. The van der Waals surface area contributed by atoms with E-state index in [1.807, 2.05) is 0 Å². The van der Waals surface area contributed by atoms with Gasteiger partial charge in [-0.3, -0.25) is 0 Å². The topological polar surface area (TPSA) is 43.4 Å². The van der Waals surface area contributed by atoms with Crippen molar-refractivity contribution in [2.75, 3.05) is 0 Å². The SMILES string of the molecule is O=[SH](=O)OC(Br)(Br)C(Br)(Br)Br. The molecule has 0 unspecified atom stereocenters. The highest BCUT2D eigenvalue weighted by Gasteiger charge is 2.45. The van der Waals surface area contributed by atoms with Crippen molar-refractivity contribution in [1.82, 2.24) is 0 Å². The Balaban J connectivity index is 4.47. The van der Waals surface area contributed by atoms with E-state index in [0.29, 0.717) is 0 Å². The van der Waals surface area contributed by atoms with Crippen molar-refractivity contribution in [1.29, 1.82) is 0 Å². The van der Waals surface area contributed by atoms with Gasteiger partial charge in [-0.1, -0.05) is 47.8 Å². The summed E-state index contributed by atoms with van der Waals surface area (Å²) >= 11 is 15.2. The molecule has 68 valence electrons. The minimum atomic E-state index is -2.94. The largest absolute Gasteiger partial charge is 0.259 e. The third-order valence-electron chi connectivity index (χ3n) is 0.519. The molecular weight excluding hydrogens is 504 g/mol. The van der Waals surface area contributed by atoms with Crippen LogP contribution in [0.15, 0.2) is 0 Å². The van der Waals surface area contributed by atoms with Crippen LogP contribution in [-0.2, 0) is 15.2 Å². The van der Waals surface area contributed by atoms with E-state index < -0.39 is 16.5 Å². The Kier molecular flexibility index (Phi) is 5.68. The van der Waals surface area contributed by atoms with Gasteiger partial charge in [-0.25, -0.2) is 12.6 Å². The first-order chi connectivity index (χ1) is 4.67. The Morgan fingerprint density at radius 3 is 1.45 bits per heavy atom. The number of alkyl halides is 5. The van der Waals surface area contributed by atoms with Crippen LogP contribution in [0.5, 0.6) is 0 Å². The predicted octanol–water partition coefficient (Wildman–Crippen LogP) is 2.81. The summed E-state index contributed by atoms with van der Waals surface area (Å²) in [5.41, 5.74) is 0. The van der Waals surface area contributed by atoms with Crippen LogP contribution >= 0.6 is 79.6 Å². The average Bonchev–Trinajstić information content (AvgIpc) is 1.56. The van der Waals surface area contributed by atoms with Crippen molar-refractivity contribution in [3.63, 3.8) is 0 Å². The zero-order valence-electron chi connectivity index (χ0n) is 4.56. The van der Waals surface area contributed by atoms with Crippen molar-refractivity contribution in [2.24, 2.45) is 0 Å². The fourth-order valence-corrected chi connectivity index (χ4v) is 1.80. The predicted molar refractivity (Wildman–Crippen MR) is 61.5 cm³/mol. The summed E-state index contributed by atoms with van der Waals surface area (Å²) < 4.78 is 22.6. The number of thiol groups is 1. The molecule has 0 rings (SSSR count). The van der Waals surface area contributed by atoms with Crippen LogP contribution in [0.2, 0.25) is 0 Å². The lowest BCUT2D eigenvalue weighted by atomic mass is 10.9. The lowest BCUT2D eigenvalue weighted by molar-refractivity contribution is 0.302. The summed E-state index contributed by atoms with van der Waals surface area (Å²) in [5, 5.41) is 0. The van der Waals surface area contributed by atoms with E-state index in [4.69, 9.17) is 0 Å². The molecule has 0 aromatic heterocycles. The zero-order valence-corrected chi connectivity index (χ0v) is 13.4. The second kappa shape index (κ2) is 4.70. The van der Waals surface area contributed by atoms with Crippen LogP contribution in [0.4, 0.5) is 0 Å². The highest BCUT2D eigenvalue weighted by Crippen LogP contribution is 2.53. The minimum absolute atomic E-state index is 0.907. The first kappa shape index (κ1) is 13.3. The molecule has 0 aliphatic rings. The van der Waals surface area contributed by atoms with Gasteiger partial charge < -0.3 is 0 Å². The van der Waals surface area contributed by atoms with Gasteiger partial charge in [-0.05, 0) is 31.9 Å². The molecule has 0 aromatic carbocycles. The molecule has 11 heavy (non-hydrogen) atoms. The molecule has 0 bridgehead atoms. The van der Waals surface area contributed by atoms with Crippen LogP contribution in [0, 0.1) is 0 Å². The van der Waals surface area contributed by atoms with Crippen molar-refractivity contribution in [3.05, 3.63) is 0 Å². The Morgan fingerprint density at radius 1 is 1.00 bits per heavy atom. The summed E-state index contributed by atoms with van der Waals surface area (Å²) in [6.45, 7) is 0. The molecule has 0 atom stereocenters. The van der Waals surface area contributed by atoms with Crippen LogP contribution in [0.1, 0.15) is 0 Å². The highest BCUT2D eigenvalue weighted by molar-refractivity contribution is 9.41. The standard InChI is InChI=1S/C2HBr5O3S/c3-1(4,5)2(6,7)10-11(8)9/h11H. The van der Waals surface area contributed by atoms with Gasteiger partial charge in [0.1, 0.15) is 0 Å². The van der Waals surface area contributed by atoms with Crippen molar-refractivity contribution >= 4 is 90.6 Å². The maximum Gasteiger partial charge on any atom is 0.259 e. The molecule has 0 aromatic rings. The fraction of sp³-hybridized carbons (Fsp3) is 1.00. The summed E-state index contributed by atoms with van der Waals surface area (Å²) in [7, 11) is -2.94. The van der Waals surface area contributed by atoms with E-state index in [1.54, 1.807) is 0 Å². The molecule has 0 spiro atoms. The van der Waals surface area contributed by atoms with Gasteiger partial charge in [0, 0.05) is 0 Å². The normalized spacial score (nSPS) is 14.0. The van der Waals surface area contributed by atoms with E-state index >= 15 is 0 Å². The van der Waals surface area contributed by atoms with Gasteiger partial charge in [0.2, 0.25) is 3.42 Å². The van der Waals surface area contributed by atoms with Crippen LogP contribution < -0.4 is 0 Å². The van der Waals surface area contributed by atoms with Gasteiger partial charge in [-0.15, -0.1) is 0 Å². The molecule has 0 aliphatic carbocycles. The number of hydrogen-bond donors (Lipinski definition) is 1. The van der Waals surface area contributed by atoms with Crippen molar-refractivity contribution in [3.8, 4) is 0 Å². The molecule has 0 amide bonds. The summed E-state index contributed by atoms with van der Waals surface area (Å²) in [4.78, 5) is 0. The summed E-state index contributed by atoms with van der Waals surface area (Å²) in [6.07, 6.45) is 0. The monoisotopic (exact) mass is 500 g/mol. The summed E-state index contributed by atoms with van der Waals surface area (Å²) in [6, 6.07) is 0. The van der Waals surface area contributed by atoms with Crippen LogP contribution in [-0.4, -0.2) is 14.0 Å².